The average molecular weight is 457 g/mol. The van der Waals surface area contributed by atoms with Crippen molar-refractivity contribution < 1.29 is 8.78 Å². The van der Waals surface area contributed by atoms with Gasteiger partial charge in [0, 0.05) is 10.5 Å². The van der Waals surface area contributed by atoms with Gasteiger partial charge >= 0.3 is 0 Å². The molecule has 152 valence electrons. The first-order chi connectivity index (χ1) is 13.9. The lowest BCUT2D eigenvalue weighted by Gasteiger charge is -2.14. The molecule has 29 heavy (non-hydrogen) atoms. The molecule has 0 saturated carbocycles. The van der Waals surface area contributed by atoms with Crippen LogP contribution < -0.4 is 0 Å². The highest BCUT2D eigenvalue weighted by Crippen LogP contribution is 2.24. The summed E-state index contributed by atoms with van der Waals surface area (Å²) in [5.74, 6) is -0.492. The second kappa shape index (κ2) is 10.2. The van der Waals surface area contributed by atoms with Crippen molar-refractivity contribution in [1.82, 2.24) is 0 Å². The Hall–Kier alpha value is -2.00. The zero-order valence-corrected chi connectivity index (χ0v) is 18.6. The highest BCUT2D eigenvalue weighted by atomic mass is 79.9. The van der Waals surface area contributed by atoms with E-state index in [1.54, 1.807) is 6.07 Å². The summed E-state index contributed by atoms with van der Waals surface area (Å²) in [6.45, 7) is 4.40. The molecule has 0 N–H and O–H groups in total. The molecule has 2 aromatic carbocycles. The molecule has 0 aliphatic heterocycles. The van der Waals surface area contributed by atoms with E-state index in [2.05, 4.69) is 72.3 Å². The van der Waals surface area contributed by atoms with Crippen molar-refractivity contribution >= 4 is 15.9 Å². The molecular weight excluding hydrogens is 430 g/mol. The minimum Gasteiger partial charge on any atom is -0.207 e. The molecule has 0 spiro atoms. The molecule has 3 heteroatoms. The van der Waals surface area contributed by atoms with Crippen molar-refractivity contribution in [2.24, 2.45) is 5.92 Å². The molecule has 1 aliphatic carbocycles. The van der Waals surface area contributed by atoms with Crippen molar-refractivity contribution in [2.75, 3.05) is 0 Å². The molecule has 0 nitrogen and oxygen atoms in total. The van der Waals surface area contributed by atoms with E-state index in [1.807, 2.05) is 0 Å². The quantitative estimate of drug-likeness (QED) is 0.412. The molecule has 0 radical (unpaired) electrons. The number of hydrogen-bond acceptors (Lipinski definition) is 0. The van der Waals surface area contributed by atoms with Gasteiger partial charge in [0.2, 0.25) is 0 Å². The van der Waals surface area contributed by atoms with Crippen molar-refractivity contribution in [3.8, 4) is 0 Å². The lowest BCUT2D eigenvalue weighted by molar-refractivity contribution is 0.569. The largest absolute Gasteiger partial charge is 0.207 e. The van der Waals surface area contributed by atoms with Gasteiger partial charge < -0.3 is 0 Å². The van der Waals surface area contributed by atoms with Crippen molar-refractivity contribution in [3.05, 3.63) is 105 Å². The standard InChI is InChI=1S/C26H27BrF2/c1-18-6-8-20(4-3-5-22-11-13-25(28)17-26(22)29)9-10-21(14-18)15-23-16-24(27)12-7-19(23)2/h7-14,16-18H,3-6,15H2,1-2H3/b10-9-,20-8+,21-14+. The number of halogens is 3. The Kier molecular flexibility index (Phi) is 7.60. The highest BCUT2D eigenvalue weighted by molar-refractivity contribution is 9.10. The van der Waals surface area contributed by atoms with E-state index >= 15 is 0 Å². The van der Waals surface area contributed by atoms with Gasteiger partial charge in [-0.1, -0.05) is 64.9 Å². The molecule has 1 unspecified atom stereocenters. The first kappa shape index (κ1) is 21.7. The molecule has 0 saturated heterocycles. The lowest BCUT2D eigenvalue weighted by Crippen LogP contribution is -1.99. The molecule has 1 aliphatic rings. The summed E-state index contributed by atoms with van der Waals surface area (Å²) in [5, 5.41) is 0. The zero-order valence-electron chi connectivity index (χ0n) is 17.0. The number of benzene rings is 2. The summed E-state index contributed by atoms with van der Waals surface area (Å²) >= 11 is 3.57. The number of allylic oxidation sites excluding steroid dienone is 6. The van der Waals surface area contributed by atoms with Gasteiger partial charge in [0.15, 0.2) is 0 Å². The summed E-state index contributed by atoms with van der Waals surface area (Å²) in [5.41, 5.74) is 5.83. The van der Waals surface area contributed by atoms with E-state index in [4.69, 9.17) is 0 Å². The van der Waals surface area contributed by atoms with Crippen LogP contribution in [0.5, 0.6) is 0 Å². The van der Waals surface area contributed by atoms with Gasteiger partial charge in [0.1, 0.15) is 11.6 Å². The van der Waals surface area contributed by atoms with Crippen LogP contribution in [0.3, 0.4) is 0 Å². The van der Waals surface area contributed by atoms with Crippen LogP contribution in [0.4, 0.5) is 8.78 Å². The third-order valence-corrected chi connectivity index (χ3v) is 5.89. The van der Waals surface area contributed by atoms with E-state index in [-0.39, 0.29) is 0 Å². The third-order valence-electron chi connectivity index (χ3n) is 5.39. The molecule has 0 heterocycles. The Morgan fingerprint density at radius 3 is 2.55 bits per heavy atom. The Labute approximate surface area is 181 Å². The average Bonchev–Trinajstić information content (AvgIpc) is 2.66. The summed E-state index contributed by atoms with van der Waals surface area (Å²) in [6, 6.07) is 10.3. The Balaban J connectivity index is 1.64. The van der Waals surface area contributed by atoms with Gasteiger partial charge in [-0.05, 0) is 85.4 Å². The number of hydrogen-bond donors (Lipinski definition) is 0. The van der Waals surface area contributed by atoms with E-state index in [0.717, 1.165) is 36.2 Å². The minimum atomic E-state index is -0.522. The zero-order chi connectivity index (χ0) is 20.8. The first-order valence-corrected chi connectivity index (χ1v) is 11.0. The smallest absolute Gasteiger partial charge is 0.129 e. The maximum Gasteiger partial charge on any atom is 0.129 e. The van der Waals surface area contributed by atoms with Gasteiger partial charge in [-0.25, -0.2) is 8.78 Å². The van der Waals surface area contributed by atoms with Crippen LogP contribution in [0, 0.1) is 24.5 Å². The molecule has 0 bridgehead atoms. The molecular formula is C26H27BrF2. The van der Waals surface area contributed by atoms with Gasteiger partial charge in [-0.15, -0.1) is 0 Å². The Bertz CT molecular complexity index is 953. The Morgan fingerprint density at radius 2 is 1.76 bits per heavy atom. The second-order valence-electron chi connectivity index (χ2n) is 7.90. The maximum absolute atomic E-state index is 13.8. The predicted octanol–water partition coefficient (Wildman–Crippen LogP) is 8.05. The topological polar surface area (TPSA) is 0 Å². The third kappa shape index (κ3) is 6.50. The fraction of sp³-hybridized carbons (Fsp3) is 0.308. The SMILES string of the molecule is Cc1ccc(Br)cc1CC1=C/C(C)C/C=C(CCCc2ccc(F)cc2F)/C=C\1. The van der Waals surface area contributed by atoms with Crippen LogP contribution in [0.15, 0.2) is 76.3 Å². The van der Waals surface area contributed by atoms with E-state index in [0.29, 0.717) is 17.9 Å². The van der Waals surface area contributed by atoms with Gasteiger partial charge in [-0.3, -0.25) is 0 Å². The van der Waals surface area contributed by atoms with Crippen LogP contribution >= 0.6 is 15.9 Å². The van der Waals surface area contributed by atoms with E-state index in [1.165, 1.54) is 28.3 Å². The van der Waals surface area contributed by atoms with Crippen LogP contribution in [0.25, 0.3) is 0 Å². The van der Waals surface area contributed by atoms with Gasteiger partial charge in [0.05, 0.1) is 0 Å². The van der Waals surface area contributed by atoms with Gasteiger partial charge in [-0.2, -0.15) is 0 Å². The van der Waals surface area contributed by atoms with Crippen molar-refractivity contribution in [1.29, 1.82) is 0 Å². The maximum atomic E-state index is 13.8. The van der Waals surface area contributed by atoms with Crippen LogP contribution in [0.1, 0.15) is 42.9 Å². The summed E-state index contributed by atoms with van der Waals surface area (Å²) < 4.78 is 28.0. The number of rotatable bonds is 6. The molecule has 0 fully saturated rings. The van der Waals surface area contributed by atoms with Gasteiger partial charge in [0.25, 0.3) is 0 Å². The molecule has 2 aromatic rings. The molecule has 3 rings (SSSR count). The fourth-order valence-corrected chi connectivity index (χ4v) is 4.08. The summed E-state index contributed by atoms with van der Waals surface area (Å²) in [6.07, 6.45) is 13.4. The first-order valence-electron chi connectivity index (χ1n) is 10.2. The predicted molar refractivity (Wildman–Crippen MR) is 121 cm³/mol. The normalized spacial score (nSPS) is 21.5. The summed E-state index contributed by atoms with van der Waals surface area (Å²) in [7, 11) is 0. The van der Waals surface area contributed by atoms with E-state index < -0.39 is 11.6 Å². The molecule has 0 aromatic heterocycles. The lowest BCUT2D eigenvalue weighted by atomic mass is 9.92. The van der Waals surface area contributed by atoms with Crippen molar-refractivity contribution in [2.45, 2.75) is 46.0 Å². The van der Waals surface area contributed by atoms with Crippen molar-refractivity contribution in [3.63, 3.8) is 0 Å². The number of aryl methyl sites for hydroxylation is 2. The molecule has 0 amide bonds. The Morgan fingerprint density at radius 1 is 0.966 bits per heavy atom. The highest BCUT2D eigenvalue weighted by Gasteiger charge is 2.08. The summed E-state index contributed by atoms with van der Waals surface area (Å²) in [4.78, 5) is 0. The monoisotopic (exact) mass is 456 g/mol. The van der Waals surface area contributed by atoms with Crippen LogP contribution in [-0.4, -0.2) is 0 Å². The van der Waals surface area contributed by atoms with Crippen LogP contribution in [-0.2, 0) is 12.8 Å². The molecule has 1 atom stereocenters. The van der Waals surface area contributed by atoms with E-state index in [9.17, 15) is 8.78 Å². The van der Waals surface area contributed by atoms with Crippen LogP contribution in [0.2, 0.25) is 0 Å². The second-order valence-corrected chi connectivity index (χ2v) is 8.82. The fourth-order valence-electron chi connectivity index (χ4n) is 3.67. The minimum absolute atomic E-state index is 0.449.